The number of hydrogen-bond donors (Lipinski definition) is 0. The van der Waals surface area contributed by atoms with Crippen LogP contribution in [0.15, 0.2) is 71.2 Å². The number of halogens is 1. The van der Waals surface area contributed by atoms with Gasteiger partial charge in [0, 0.05) is 4.47 Å². The molecule has 0 N–H and O–H groups in total. The number of anilines is 2. The van der Waals surface area contributed by atoms with E-state index < -0.39 is 34.8 Å². The predicted molar refractivity (Wildman–Crippen MR) is 133 cm³/mol. The molecule has 0 radical (unpaired) electrons. The maximum absolute atomic E-state index is 13.8. The van der Waals surface area contributed by atoms with Crippen molar-refractivity contribution >= 4 is 44.8 Å². The number of nitrogens with zero attached hydrogens (tertiary/aromatic N) is 3. The monoisotopic (exact) mass is 553 g/mol. The van der Waals surface area contributed by atoms with E-state index in [1.165, 1.54) is 31.4 Å². The van der Waals surface area contributed by atoms with Crippen LogP contribution < -0.4 is 19.4 Å². The highest BCUT2D eigenvalue weighted by Crippen LogP contribution is 2.51. The summed E-state index contributed by atoms with van der Waals surface area (Å²) in [6, 6.07) is 17.3. The smallest absolute Gasteiger partial charge is 0.278 e. The number of ether oxygens (including phenoxy) is 2. The quantitative estimate of drug-likeness (QED) is 0.250. The Morgan fingerprint density at radius 1 is 0.917 bits per heavy atom. The van der Waals surface area contributed by atoms with Crippen LogP contribution in [-0.2, 0) is 14.4 Å². The van der Waals surface area contributed by atoms with Gasteiger partial charge < -0.3 is 9.47 Å². The third kappa shape index (κ3) is 3.76. The molecule has 0 aromatic heterocycles. The number of para-hydroxylation sites is 1. The van der Waals surface area contributed by atoms with Crippen molar-refractivity contribution in [2.45, 2.75) is 12.1 Å². The van der Waals surface area contributed by atoms with Gasteiger partial charge in [-0.3, -0.25) is 24.5 Å². The second-order valence-electron chi connectivity index (χ2n) is 8.17. The Kier molecular flexibility index (Phi) is 6.10. The van der Waals surface area contributed by atoms with Crippen LogP contribution in [0.3, 0.4) is 0 Å². The van der Waals surface area contributed by atoms with Gasteiger partial charge in [-0.1, -0.05) is 34.1 Å². The molecule has 184 valence electrons. The maximum Gasteiger partial charge on any atom is 0.278 e. The third-order valence-electron chi connectivity index (χ3n) is 6.26. The van der Waals surface area contributed by atoms with E-state index in [0.717, 1.165) is 9.37 Å². The summed E-state index contributed by atoms with van der Waals surface area (Å²) in [6.07, 6.45) is -1.17. The fourth-order valence-corrected chi connectivity index (χ4v) is 4.92. The van der Waals surface area contributed by atoms with Crippen LogP contribution in [0.2, 0.25) is 0 Å². The molecule has 0 spiro atoms. The summed E-state index contributed by atoms with van der Waals surface area (Å²) < 4.78 is 11.4. The molecule has 0 unspecified atom stereocenters. The molecule has 2 aliphatic heterocycles. The zero-order chi connectivity index (χ0) is 25.6. The molecule has 0 bridgehead atoms. The SMILES string of the molecule is COc1cc([C@@H]2[C@H]3C(=O)N(c4ccc(Br)cc4)C(=O)[C@@H]3ON2c2ccccc2)c([N+](=O)[O-])cc1OC. The minimum Gasteiger partial charge on any atom is -0.493 e. The topological polar surface area (TPSA) is 111 Å². The highest BCUT2D eigenvalue weighted by Gasteiger charge is 2.61. The molecule has 2 aliphatic rings. The molecule has 10 nitrogen and oxygen atoms in total. The van der Waals surface area contributed by atoms with E-state index >= 15 is 0 Å². The molecule has 2 saturated heterocycles. The lowest BCUT2D eigenvalue weighted by Gasteiger charge is -2.29. The number of hydroxylamine groups is 1. The van der Waals surface area contributed by atoms with Crippen LogP contribution in [0, 0.1) is 16.0 Å². The van der Waals surface area contributed by atoms with E-state index in [4.69, 9.17) is 14.3 Å². The van der Waals surface area contributed by atoms with E-state index in [0.29, 0.717) is 11.4 Å². The van der Waals surface area contributed by atoms with Crippen molar-refractivity contribution in [3.8, 4) is 11.5 Å². The second kappa shape index (κ2) is 9.25. The highest BCUT2D eigenvalue weighted by molar-refractivity contribution is 9.10. The molecule has 2 fully saturated rings. The average Bonchev–Trinajstić information content (AvgIpc) is 3.40. The minimum absolute atomic E-state index is 0.160. The Balaban J connectivity index is 1.68. The normalized spacial score (nSPS) is 21.0. The van der Waals surface area contributed by atoms with Gasteiger partial charge in [-0.2, -0.15) is 0 Å². The van der Waals surface area contributed by atoms with Gasteiger partial charge in [0.05, 0.1) is 42.1 Å². The number of hydrogen-bond acceptors (Lipinski definition) is 8. The number of carbonyl (C=O) groups is 2. The van der Waals surface area contributed by atoms with Crippen molar-refractivity contribution in [3.05, 3.63) is 86.9 Å². The molecule has 11 heteroatoms. The maximum atomic E-state index is 13.8. The van der Waals surface area contributed by atoms with Gasteiger partial charge in [0.2, 0.25) is 5.91 Å². The fraction of sp³-hybridized carbons (Fsp3) is 0.200. The van der Waals surface area contributed by atoms with Crippen LogP contribution in [-0.4, -0.2) is 37.1 Å². The van der Waals surface area contributed by atoms with Crippen LogP contribution in [0.1, 0.15) is 11.6 Å². The third-order valence-corrected chi connectivity index (χ3v) is 6.79. The van der Waals surface area contributed by atoms with Crippen molar-refractivity contribution in [2.24, 2.45) is 5.92 Å². The van der Waals surface area contributed by atoms with Gasteiger partial charge in [-0.15, -0.1) is 0 Å². The number of methoxy groups -OCH3 is 2. The van der Waals surface area contributed by atoms with Crippen LogP contribution in [0.25, 0.3) is 0 Å². The first kappa shape index (κ1) is 23.8. The Bertz CT molecular complexity index is 1350. The van der Waals surface area contributed by atoms with Crippen molar-refractivity contribution in [1.82, 2.24) is 0 Å². The first-order valence-electron chi connectivity index (χ1n) is 10.9. The van der Waals surface area contributed by atoms with E-state index in [-0.39, 0.29) is 22.7 Å². The lowest BCUT2D eigenvalue weighted by molar-refractivity contribution is -0.385. The number of benzene rings is 3. The van der Waals surface area contributed by atoms with E-state index in [2.05, 4.69) is 15.9 Å². The molecule has 0 saturated carbocycles. The number of nitro groups is 1. The zero-order valence-corrected chi connectivity index (χ0v) is 20.7. The van der Waals surface area contributed by atoms with Crippen molar-refractivity contribution in [1.29, 1.82) is 0 Å². The lowest BCUT2D eigenvalue weighted by atomic mass is 9.89. The van der Waals surface area contributed by atoms with Crippen LogP contribution in [0.4, 0.5) is 17.1 Å². The largest absolute Gasteiger partial charge is 0.493 e. The van der Waals surface area contributed by atoms with Gasteiger partial charge in [-0.05, 0) is 42.5 Å². The second-order valence-corrected chi connectivity index (χ2v) is 9.09. The molecule has 36 heavy (non-hydrogen) atoms. The van der Waals surface area contributed by atoms with Gasteiger partial charge in [-0.25, -0.2) is 9.96 Å². The van der Waals surface area contributed by atoms with E-state index in [1.54, 1.807) is 54.6 Å². The van der Waals surface area contributed by atoms with Crippen molar-refractivity contribution in [2.75, 3.05) is 24.2 Å². The lowest BCUT2D eigenvalue weighted by Crippen LogP contribution is -2.37. The molecular weight excluding hydrogens is 534 g/mol. The molecular formula is C25H20BrN3O7. The van der Waals surface area contributed by atoms with Crippen molar-refractivity contribution < 1.29 is 28.8 Å². The molecule has 2 amide bonds. The number of fused-ring (bicyclic) bond motifs is 1. The van der Waals surface area contributed by atoms with Gasteiger partial charge in [0.1, 0.15) is 12.0 Å². The zero-order valence-electron chi connectivity index (χ0n) is 19.2. The van der Waals surface area contributed by atoms with Crippen molar-refractivity contribution in [3.63, 3.8) is 0 Å². The summed E-state index contributed by atoms with van der Waals surface area (Å²) in [5.41, 5.74) is 0.799. The number of imide groups is 1. The summed E-state index contributed by atoms with van der Waals surface area (Å²) in [7, 11) is 2.79. The molecule has 5 rings (SSSR count). The van der Waals surface area contributed by atoms with Gasteiger partial charge >= 0.3 is 0 Å². The van der Waals surface area contributed by atoms with E-state index in [9.17, 15) is 19.7 Å². The number of carbonyl (C=O) groups excluding carboxylic acids is 2. The fourth-order valence-electron chi connectivity index (χ4n) is 4.65. The predicted octanol–water partition coefficient (Wildman–Crippen LogP) is 4.43. The van der Waals surface area contributed by atoms with Crippen LogP contribution >= 0.6 is 15.9 Å². The standard InChI is InChI=1S/C25H20BrN3O7/c1-34-19-12-17(18(29(32)33)13-20(19)35-2)22-21-23(36-28(22)16-6-4-3-5-7-16)25(31)27(24(21)30)15-10-8-14(26)9-11-15/h3-13,21-23H,1-2H3/t21-,22-,23-/m1/s1. The number of nitro benzene ring substituents is 1. The summed E-state index contributed by atoms with van der Waals surface area (Å²) in [5, 5.41) is 13.5. The molecule has 3 atom stereocenters. The summed E-state index contributed by atoms with van der Waals surface area (Å²) in [6.45, 7) is 0. The first-order chi connectivity index (χ1) is 17.3. The molecule has 0 aliphatic carbocycles. The van der Waals surface area contributed by atoms with Gasteiger partial charge in [0.25, 0.3) is 11.6 Å². The number of rotatable bonds is 6. The average molecular weight is 554 g/mol. The molecule has 3 aromatic rings. The Morgan fingerprint density at radius 3 is 2.17 bits per heavy atom. The van der Waals surface area contributed by atoms with Crippen LogP contribution in [0.5, 0.6) is 11.5 Å². The molecule has 2 heterocycles. The Labute approximate surface area is 214 Å². The number of amides is 2. The summed E-state index contributed by atoms with van der Waals surface area (Å²) in [5.74, 6) is -1.69. The highest BCUT2D eigenvalue weighted by atomic mass is 79.9. The molecule has 3 aromatic carbocycles. The van der Waals surface area contributed by atoms with E-state index in [1.807, 2.05) is 0 Å². The first-order valence-corrected chi connectivity index (χ1v) is 11.7. The summed E-state index contributed by atoms with van der Waals surface area (Å²) in [4.78, 5) is 45.9. The van der Waals surface area contributed by atoms with Gasteiger partial charge in [0.15, 0.2) is 17.6 Å². The Hall–Kier alpha value is -3.96. The summed E-state index contributed by atoms with van der Waals surface area (Å²) >= 11 is 3.35. The Morgan fingerprint density at radius 2 is 1.56 bits per heavy atom. The minimum atomic E-state index is -1.17.